The fourth-order valence-electron chi connectivity index (χ4n) is 13.0. The molecule has 0 saturated carbocycles. The molecule has 0 saturated heterocycles. The van der Waals surface area contributed by atoms with Crippen LogP contribution in [0.3, 0.4) is 0 Å². The van der Waals surface area contributed by atoms with Gasteiger partial charge in [-0.1, -0.05) is 137 Å². The van der Waals surface area contributed by atoms with Crippen LogP contribution in [-0.4, -0.2) is 13.4 Å². The minimum absolute atomic E-state index is 0.0703. The molecule has 6 heteroatoms. The fourth-order valence-corrected chi connectivity index (χ4v) is 13.0. The average Bonchev–Trinajstić information content (AvgIpc) is 3.35. The molecule has 0 bridgehead atoms. The minimum Gasteiger partial charge on any atom is -0.311 e. The molecule has 10 aromatic rings. The monoisotopic (exact) mass is 866 g/mol. The summed E-state index contributed by atoms with van der Waals surface area (Å²) in [5.74, 6) is 0. The third-order valence-corrected chi connectivity index (χ3v) is 15.6. The first-order valence-electron chi connectivity index (χ1n) is 23.9. The Labute approximate surface area is 397 Å². The number of para-hydroxylation sites is 4. The largest absolute Gasteiger partial charge is 0.311 e. The average molecular weight is 867 g/mol. The molecule has 0 amide bonds. The smallest absolute Gasteiger partial charge is 0.248 e. The van der Waals surface area contributed by atoms with Crippen molar-refractivity contribution < 1.29 is 0 Å². The highest BCUT2D eigenvalue weighted by Crippen LogP contribution is 2.52. The van der Waals surface area contributed by atoms with E-state index < -0.39 is 0 Å². The van der Waals surface area contributed by atoms with E-state index in [-0.39, 0.29) is 24.3 Å². The summed E-state index contributed by atoms with van der Waals surface area (Å²) in [6.07, 6.45) is 0. The SMILES string of the molecule is CC(C)(C)c1cc2c3c(cc4c(C(C)(C)C)cc5c6c(cc1c3c46)B1c3ccccc3N(c3ccccc3)c3cc(C#N)cc-5c31)B1c3ccccc3N(c3ccccc3)c3cc(C#N)cc-2c31. The van der Waals surface area contributed by atoms with Crippen molar-refractivity contribution in [3.05, 3.63) is 180 Å². The highest BCUT2D eigenvalue weighted by atomic mass is 15.2. The van der Waals surface area contributed by atoms with Crippen LogP contribution in [0.5, 0.6) is 0 Å². The van der Waals surface area contributed by atoms with Crippen LogP contribution in [-0.2, 0) is 10.8 Å². The lowest BCUT2D eigenvalue weighted by molar-refractivity contribution is 0.595. The van der Waals surface area contributed by atoms with E-state index >= 15 is 0 Å². The van der Waals surface area contributed by atoms with Crippen molar-refractivity contribution in [2.75, 3.05) is 9.80 Å². The zero-order valence-corrected chi connectivity index (χ0v) is 39.0. The number of hydrogen-bond acceptors (Lipinski definition) is 4. The maximum absolute atomic E-state index is 10.8. The molecule has 68 heavy (non-hydrogen) atoms. The number of nitrogens with zero attached hydrogens (tertiary/aromatic N) is 4. The predicted molar refractivity (Wildman–Crippen MR) is 287 cm³/mol. The normalized spacial score (nSPS) is 13.9. The van der Waals surface area contributed by atoms with Gasteiger partial charge in [0, 0.05) is 34.1 Å². The molecule has 0 aliphatic carbocycles. The Balaban J connectivity index is 1.20. The first-order valence-corrected chi connectivity index (χ1v) is 23.9. The molecule has 4 aliphatic heterocycles. The molecule has 0 atom stereocenters. The summed E-state index contributed by atoms with van der Waals surface area (Å²) >= 11 is 0. The van der Waals surface area contributed by atoms with Crippen LogP contribution in [0, 0.1) is 22.7 Å². The van der Waals surface area contributed by atoms with Crippen molar-refractivity contribution in [2.45, 2.75) is 52.4 Å². The number of hydrogen-bond donors (Lipinski definition) is 0. The first kappa shape index (κ1) is 39.1. The topological polar surface area (TPSA) is 54.1 Å². The second-order valence-corrected chi connectivity index (χ2v) is 21.4. The van der Waals surface area contributed by atoms with Gasteiger partial charge in [0.25, 0.3) is 0 Å². The van der Waals surface area contributed by atoms with E-state index in [1.54, 1.807) is 0 Å². The lowest BCUT2D eigenvalue weighted by atomic mass is 9.31. The fraction of sp³-hybridized carbons (Fsp3) is 0.129. The first-order chi connectivity index (χ1) is 32.9. The summed E-state index contributed by atoms with van der Waals surface area (Å²) in [4.78, 5) is 4.76. The van der Waals surface area contributed by atoms with Crippen LogP contribution >= 0.6 is 0 Å². The van der Waals surface area contributed by atoms with Gasteiger partial charge in [0.2, 0.25) is 13.4 Å². The molecule has 0 unspecified atom stereocenters. The maximum atomic E-state index is 10.8. The summed E-state index contributed by atoms with van der Waals surface area (Å²) in [6.45, 7) is 14.0. The minimum atomic E-state index is -0.234. The lowest BCUT2D eigenvalue weighted by Crippen LogP contribution is -2.60. The van der Waals surface area contributed by atoms with Gasteiger partial charge in [-0.25, -0.2) is 0 Å². The Kier molecular flexibility index (Phi) is 7.66. The summed E-state index contributed by atoms with van der Waals surface area (Å²) < 4.78 is 0. The van der Waals surface area contributed by atoms with Crippen molar-refractivity contribution in [1.29, 1.82) is 10.5 Å². The van der Waals surface area contributed by atoms with E-state index in [1.165, 1.54) is 87.3 Å². The van der Waals surface area contributed by atoms with Gasteiger partial charge in [0.05, 0.1) is 23.3 Å². The van der Waals surface area contributed by atoms with Gasteiger partial charge < -0.3 is 9.80 Å². The molecule has 0 N–H and O–H groups in total. The molecule has 14 rings (SSSR count). The zero-order valence-electron chi connectivity index (χ0n) is 39.0. The highest BCUT2D eigenvalue weighted by Gasteiger charge is 2.46. The molecule has 4 aliphatic rings. The summed E-state index contributed by atoms with van der Waals surface area (Å²) in [6, 6.07) is 63.0. The molecule has 0 radical (unpaired) electrons. The Morgan fingerprint density at radius 2 is 0.765 bits per heavy atom. The Morgan fingerprint density at radius 3 is 1.15 bits per heavy atom. The van der Waals surface area contributed by atoms with Gasteiger partial charge in [-0.15, -0.1) is 0 Å². The quantitative estimate of drug-likeness (QED) is 0.128. The van der Waals surface area contributed by atoms with Gasteiger partial charge in [0.1, 0.15) is 0 Å². The molecule has 0 fully saturated rings. The van der Waals surface area contributed by atoms with Crippen LogP contribution in [0.1, 0.15) is 63.8 Å². The molecule has 10 aromatic carbocycles. The molecule has 0 spiro atoms. The molecule has 0 aromatic heterocycles. The predicted octanol–water partition coefficient (Wildman–Crippen LogP) is 11.5. The van der Waals surface area contributed by atoms with Crippen molar-refractivity contribution in [3.63, 3.8) is 0 Å². The van der Waals surface area contributed by atoms with E-state index in [0.29, 0.717) is 11.1 Å². The molecule has 4 nitrogen and oxygen atoms in total. The molecular formula is C62H44B2N4. The standard InChI is InChI=1S/C62H44B2N4/c1-61(2,3)45-29-39-41-25-35(33-65)27-53-59(41)64(48-22-14-16-24-52(48)67(53)37-17-9-7-10-18-37)50-32-44-46(62(4,5)6)30-40-42-26-36(34-66)28-54-60(42)63(49-31-43(45)57(55(39)50)58(44)56(40)49)47-21-13-15-23-51(47)68(54)38-19-11-8-12-20-38/h7-32H,1-6H3. The van der Waals surface area contributed by atoms with Gasteiger partial charge >= 0.3 is 0 Å². The lowest BCUT2D eigenvalue weighted by Gasteiger charge is -2.43. The Hall–Kier alpha value is -8.05. The second-order valence-electron chi connectivity index (χ2n) is 21.4. The number of rotatable bonds is 2. The number of anilines is 6. The molecular weight excluding hydrogens is 822 g/mol. The van der Waals surface area contributed by atoms with Crippen LogP contribution < -0.4 is 42.6 Å². The summed E-state index contributed by atoms with van der Waals surface area (Å²) in [5, 5.41) is 29.4. The second kappa shape index (κ2) is 13.3. The third-order valence-electron chi connectivity index (χ3n) is 15.6. The summed E-state index contributed by atoms with van der Waals surface area (Å²) in [7, 11) is 0. The van der Waals surface area contributed by atoms with Crippen molar-refractivity contribution >= 4 is 113 Å². The molecule has 318 valence electrons. The van der Waals surface area contributed by atoms with E-state index in [2.05, 4.69) is 221 Å². The van der Waals surface area contributed by atoms with E-state index in [9.17, 15) is 10.5 Å². The highest BCUT2D eigenvalue weighted by molar-refractivity contribution is 7.02. The molecule has 4 heterocycles. The van der Waals surface area contributed by atoms with Crippen LogP contribution in [0.4, 0.5) is 34.1 Å². The zero-order chi connectivity index (χ0) is 46.1. The summed E-state index contributed by atoms with van der Waals surface area (Å²) in [5.41, 5.74) is 22.3. The van der Waals surface area contributed by atoms with Crippen molar-refractivity contribution in [3.8, 4) is 34.4 Å². The van der Waals surface area contributed by atoms with Crippen molar-refractivity contribution in [2.24, 2.45) is 0 Å². The van der Waals surface area contributed by atoms with E-state index in [1.807, 2.05) is 0 Å². The van der Waals surface area contributed by atoms with Gasteiger partial charge in [0.15, 0.2) is 0 Å². The van der Waals surface area contributed by atoms with Gasteiger partial charge in [-0.3, -0.25) is 0 Å². The van der Waals surface area contributed by atoms with Crippen LogP contribution in [0.25, 0.3) is 54.6 Å². The van der Waals surface area contributed by atoms with Crippen LogP contribution in [0.15, 0.2) is 158 Å². The number of nitriles is 2. The third kappa shape index (κ3) is 5.00. The van der Waals surface area contributed by atoms with E-state index in [4.69, 9.17) is 0 Å². The van der Waals surface area contributed by atoms with Gasteiger partial charge in [-0.05, 0) is 171 Å². The maximum Gasteiger partial charge on any atom is 0.248 e. The van der Waals surface area contributed by atoms with Gasteiger partial charge in [-0.2, -0.15) is 10.5 Å². The number of benzene rings is 10. The Bertz CT molecular complexity index is 3720. The van der Waals surface area contributed by atoms with E-state index in [0.717, 1.165) is 45.3 Å². The Morgan fingerprint density at radius 1 is 0.382 bits per heavy atom. The number of fused-ring (bicyclic) bond motifs is 8. The van der Waals surface area contributed by atoms with Crippen molar-refractivity contribution in [1.82, 2.24) is 0 Å². The van der Waals surface area contributed by atoms with Crippen LogP contribution in [0.2, 0.25) is 0 Å².